The number of halogens is 1. The zero-order valence-electron chi connectivity index (χ0n) is 17.5. The minimum absolute atomic E-state index is 0.235. The molecule has 1 N–H and O–H groups in total. The summed E-state index contributed by atoms with van der Waals surface area (Å²) in [6, 6.07) is 21.5. The first kappa shape index (κ1) is 21.5. The normalized spacial score (nSPS) is 10.7. The Morgan fingerprint density at radius 3 is 2.31 bits per heavy atom. The molecular weight excluding hydrogens is 425 g/mol. The zero-order valence-corrected chi connectivity index (χ0v) is 18.3. The maximum atomic E-state index is 13.1. The Balaban J connectivity index is 1.53. The molecule has 3 aromatic carbocycles. The molecule has 0 saturated heterocycles. The largest absolute Gasteiger partial charge is 0.322 e. The molecule has 0 aliphatic heterocycles. The molecule has 1 heterocycles. The van der Waals surface area contributed by atoms with E-state index in [4.69, 9.17) is 0 Å². The number of aromatic nitrogens is 2. The minimum Gasteiger partial charge on any atom is -0.322 e. The molecule has 1 amide bonds. The molecule has 0 atom stereocenters. The molecule has 0 radical (unpaired) electrons. The van der Waals surface area contributed by atoms with Crippen LogP contribution in [-0.4, -0.2) is 15.7 Å². The van der Waals surface area contributed by atoms with Crippen molar-refractivity contribution in [2.24, 2.45) is 0 Å². The van der Waals surface area contributed by atoms with Crippen LogP contribution in [0.2, 0.25) is 0 Å². The third-order valence-corrected chi connectivity index (χ3v) is 5.89. The average Bonchev–Trinajstić information content (AvgIpc) is 2.79. The first-order valence-corrected chi connectivity index (χ1v) is 10.7. The maximum Gasteiger partial charge on any atom is 0.271 e. The minimum atomic E-state index is -0.311. The Kier molecular flexibility index (Phi) is 6.18. The van der Waals surface area contributed by atoms with Crippen molar-refractivity contribution in [2.45, 2.75) is 23.8 Å². The molecule has 0 aliphatic carbocycles. The second kappa shape index (κ2) is 9.20. The van der Waals surface area contributed by atoms with Crippen molar-refractivity contribution in [1.29, 1.82) is 0 Å². The third kappa shape index (κ3) is 4.95. The number of nitrogens with zero attached hydrogens (tertiary/aromatic N) is 2. The fourth-order valence-corrected chi connectivity index (χ4v) is 3.81. The summed E-state index contributed by atoms with van der Waals surface area (Å²) >= 11 is 1.32. The number of hydrogen-bond donors (Lipinski definition) is 1. The van der Waals surface area contributed by atoms with Crippen LogP contribution < -0.4 is 10.9 Å². The van der Waals surface area contributed by atoms with Crippen LogP contribution in [0, 0.1) is 19.7 Å². The zero-order chi connectivity index (χ0) is 22.7. The van der Waals surface area contributed by atoms with Gasteiger partial charge in [-0.2, -0.15) is 9.78 Å². The van der Waals surface area contributed by atoms with Gasteiger partial charge in [0.05, 0.1) is 5.69 Å². The third-order valence-electron chi connectivity index (χ3n) is 4.95. The van der Waals surface area contributed by atoms with Gasteiger partial charge < -0.3 is 5.32 Å². The molecule has 5 nitrogen and oxygen atoms in total. The van der Waals surface area contributed by atoms with Crippen LogP contribution in [0.1, 0.15) is 21.5 Å². The number of benzene rings is 3. The average molecular weight is 446 g/mol. The molecule has 0 bridgehead atoms. The Bertz CT molecular complexity index is 1330. The Hall–Kier alpha value is -3.71. The highest BCUT2D eigenvalue weighted by molar-refractivity contribution is 7.99. The number of anilines is 1. The fourth-order valence-electron chi connectivity index (χ4n) is 3.03. The molecular formula is C25H20FN3O2S. The summed E-state index contributed by atoms with van der Waals surface area (Å²) in [6.45, 7) is 4.01. The lowest BCUT2D eigenvalue weighted by Gasteiger charge is -2.09. The lowest BCUT2D eigenvalue weighted by molar-refractivity contribution is 0.102. The molecule has 1 aromatic heterocycles. The number of hydrogen-bond acceptors (Lipinski definition) is 4. The van der Waals surface area contributed by atoms with Gasteiger partial charge in [0.2, 0.25) is 0 Å². The van der Waals surface area contributed by atoms with E-state index in [2.05, 4.69) is 10.4 Å². The highest BCUT2D eigenvalue weighted by Crippen LogP contribution is 2.25. The van der Waals surface area contributed by atoms with Crippen LogP contribution in [0.4, 0.5) is 10.1 Å². The molecule has 0 spiro atoms. The maximum absolute atomic E-state index is 13.1. The van der Waals surface area contributed by atoms with Crippen LogP contribution in [0.5, 0.6) is 0 Å². The van der Waals surface area contributed by atoms with Crippen LogP contribution in [-0.2, 0) is 0 Å². The van der Waals surface area contributed by atoms with Gasteiger partial charge in [-0.1, -0.05) is 17.8 Å². The van der Waals surface area contributed by atoms with Crippen molar-refractivity contribution < 1.29 is 9.18 Å². The van der Waals surface area contributed by atoms with Crippen molar-refractivity contribution in [3.63, 3.8) is 0 Å². The summed E-state index contributed by atoms with van der Waals surface area (Å²) in [4.78, 5) is 25.7. The van der Waals surface area contributed by atoms with Gasteiger partial charge in [-0.15, -0.1) is 0 Å². The van der Waals surface area contributed by atoms with Gasteiger partial charge in [-0.25, -0.2) is 4.39 Å². The van der Waals surface area contributed by atoms with Gasteiger partial charge in [-0.05, 0) is 91.7 Å². The van der Waals surface area contributed by atoms with E-state index in [0.717, 1.165) is 21.7 Å². The summed E-state index contributed by atoms with van der Waals surface area (Å²) in [5.74, 6) is -0.547. The van der Waals surface area contributed by atoms with E-state index in [1.165, 1.54) is 34.6 Å². The van der Waals surface area contributed by atoms with E-state index in [-0.39, 0.29) is 17.3 Å². The summed E-state index contributed by atoms with van der Waals surface area (Å²) in [6.07, 6.45) is 0. The number of carbonyl (C=O) groups is 1. The first-order chi connectivity index (χ1) is 15.4. The number of rotatable bonds is 5. The van der Waals surface area contributed by atoms with E-state index >= 15 is 0 Å². The summed E-state index contributed by atoms with van der Waals surface area (Å²) in [7, 11) is 0. The van der Waals surface area contributed by atoms with Gasteiger partial charge in [0, 0.05) is 22.2 Å². The summed E-state index contributed by atoms with van der Waals surface area (Å²) in [5.41, 5.74) is 3.70. The standard InChI is InChI=1S/C25H20FN3O2S/c1-16-3-8-20(15-17(16)2)27-25(31)18-4-9-21(10-5-18)29-24(30)14-13-23(28-29)32-22-11-6-19(26)7-12-22/h3-15H,1-2H3,(H,27,31). The predicted octanol–water partition coefficient (Wildman–Crippen LogP) is 5.39. The molecule has 0 unspecified atom stereocenters. The monoisotopic (exact) mass is 445 g/mol. The van der Waals surface area contributed by atoms with Crippen molar-refractivity contribution in [2.75, 3.05) is 5.32 Å². The highest BCUT2D eigenvalue weighted by Gasteiger charge is 2.09. The molecule has 7 heteroatoms. The number of aryl methyl sites for hydroxylation is 2. The van der Waals surface area contributed by atoms with Crippen LogP contribution in [0.15, 0.2) is 93.6 Å². The smallest absolute Gasteiger partial charge is 0.271 e. The predicted molar refractivity (Wildman–Crippen MR) is 124 cm³/mol. The molecule has 4 rings (SSSR count). The van der Waals surface area contributed by atoms with Crippen LogP contribution in [0.3, 0.4) is 0 Å². The van der Waals surface area contributed by atoms with Crippen LogP contribution in [0.25, 0.3) is 5.69 Å². The summed E-state index contributed by atoms with van der Waals surface area (Å²) < 4.78 is 14.4. The second-order valence-electron chi connectivity index (χ2n) is 7.28. The van der Waals surface area contributed by atoms with Crippen LogP contribution >= 0.6 is 11.8 Å². The van der Waals surface area contributed by atoms with E-state index in [0.29, 0.717) is 16.3 Å². The fraction of sp³-hybridized carbons (Fsp3) is 0.0800. The Morgan fingerprint density at radius 2 is 1.62 bits per heavy atom. The van der Waals surface area contributed by atoms with Gasteiger partial charge in [0.15, 0.2) is 0 Å². The van der Waals surface area contributed by atoms with Crippen molar-refractivity contribution >= 4 is 23.4 Å². The molecule has 0 saturated carbocycles. The molecule has 4 aromatic rings. The Morgan fingerprint density at radius 1 is 0.906 bits per heavy atom. The molecule has 0 aliphatic rings. The molecule has 32 heavy (non-hydrogen) atoms. The second-order valence-corrected chi connectivity index (χ2v) is 8.37. The van der Waals surface area contributed by atoms with E-state index in [1.54, 1.807) is 42.5 Å². The summed E-state index contributed by atoms with van der Waals surface area (Å²) in [5, 5.41) is 7.87. The van der Waals surface area contributed by atoms with E-state index in [9.17, 15) is 14.0 Å². The van der Waals surface area contributed by atoms with Crippen molar-refractivity contribution in [3.8, 4) is 5.69 Å². The highest BCUT2D eigenvalue weighted by atomic mass is 32.2. The van der Waals surface area contributed by atoms with Gasteiger partial charge in [0.25, 0.3) is 11.5 Å². The van der Waals surface area contributed by atoms with Gasteiger partial charge in [0.1, 0.15) is 10.8 Å². The number of amides is 1. The first-order valence-electron chi connectivity index (χ1n) is 9.92. The lowest BCUT2D eigenvalue weighted by Crippen LogP contribution is -2.20. The number of carbonyl (C=O) groups excluding carboxylic acids is 1. The lowest BCUT2D eigenvalue weighted by atomic mass is 10.1. The Labute approximate surface area is 188 Å². The van der Waals surface area contributed by atoms with Crippen molar-refractivity contribution in [3.05, 3.63) is 112 Å². The van der Waals surface area contributed by atoms with E-state index in [1.807, 2.05) is 32.0 Å². The van der Waals surface area contributed by atoms with E-state index < -0.39 is 0 Å². The molecule has 160 valence electrons. The SMILES string of the molecule is Cc1ccc(NC(=O)c2ccc(-n3nc(Sc4ccc(F)cc4)ccc3=O)cc2)cc1C. The topological polar surface area (TPSA) is 64.0 Å². The van der Waals surface area contributed by atoms with Gasteiger partial charge in [-0.3, -0.25) is 9.59 Å². The molecule has 0 fully saturated rings. The number of nitrogens with one attached hydrogen (secondary N) is 1. The quantitative estimate of drug-likeness (QED) is 0.447. The van der Waals surface area contributed by atoms with Gasteiger partial charge >= 0.3 is 0 Å². The van der Waals surface area contributed by atoms with Crippen molar-refractivity contribution in [1.82, 2.24) is 9.78 Å².